The predicted molar refractivity (Wildman–Crippen MR) is 66.9 cm³/mol. The molecule has 1 aromatic rings. The summed E-state index contributed by atoms with van der Waals surface area (Å²) in [5.74, 6) is -1.31. The lowest BCUT2D eigenvalue weighted by atomic mass is 10.1. The van der Waals surface area contributed by atoms with Gasteiger partial charge in [-0.1, -0.05) is 12.1 Å². The molecule has 0 saturated carbocycles. The standard InChI is InChI=1S/C12H13NO6/c1-8(12(14)15)19-11-9(6-7-18-2)4-3-5-10(11)13(16)17/h3-8H,1-2H3,(H,14,15)/b7-6+. The van der Waals surface area contributed by atoms with Gasteiger partial charge in [-0.3, -0.25) is 10.1 Å². The van der Waals surface area contributed by atoms with Crippen molar-refractivity contribution in [2.24, 2.45) is 0 Å². The van der Waals surface area contributed by atoms with Crippen molar-refractivity contribution < 1.29 is 24.3 Å². The molecule has 0 saturated heterocycles. The lowest BCUT2D eigenvalue weighted by Gasteiger charge is -2.12. The van der Waals surface area contributed by atoms with Crippen molar-refractivity contribution in [1.82, 2.24) is 0 Å². The first kappa shape index (κ1) is 14.5. The highest BCUT2D eigenvalue weighted by Gasteiger charge is 2.22. The SMILES string of the molecule is CO/C=C/c1cccc([N+](=O)[O-])c1OC(C)C(=O)O. The summed E-state index contributed by atoms with van der Waals surface area (Å²) >= 11 is 0. The van der Waals surface area contributed by atoms with Gasteiger partial charge >= 0.3 is 11.7 Å². The van der Waals surface area contributed by atoms with E-state index in [1.165, 1.54) is 38.5 Å². The number of benzene rings is 1. The molecule has 1 unspecified atom stereocenters. The van der Waals surface area contributed by atoms with Crippen LogP contribution in [0.4, 0.5) is 5.69 Å². The Morgan fingerprint density at radius 1 is 1.53 bits per heavy atom. The van der Waals surface area contributed by atoms with Crippen molar-refractivity contribution in [3.05, 3.63) is 40.1 Å². The van der Waals surface area contributed by atoms with Gasteiger partial charge in [0.05, 0.1) is 18.3 Å². The van der Waals surface area contributed by atoms with E-state index < -0.39 is 17.0 Å². The van der Waals surface area contributed by atoms with Crippen molar-refractivity contribution >= 4 is 17.7 Å². The molecule has 1 rings (SSSR count). The van der Waals surface area contributed by atoms with Crippen LogP contribution in [-0.4, -0.2) is 29.2 Å². The Labute approximate surface area is 109 Å². The number of carboxylic acid groups (broad SMARTS) is 1. The van der Waals surface area contributed by atoms with Crippen LogP contribution >= 0.6 is 0 Å². The molecule has 102 valence electrons. The zero-order valence-electron chi connectivity index (χ0n) is 10.4. The van der Waals surface area contributed by atoms with Crippen LogP contribution in [0.25, 0.3) is 6.08 Å². The number of nitrogens with zero attached hydrogens (tertiary/aromatic N) is 1. The lowest BCUT2D eigenvalue weighted by molar-refractivity contribution is -0.386. The molecule has 0 aliphatic carbocycles. The molecule has 0 radical (unpaired) electrons. The maximum absolute atomic E-state index is 10.9. The van der Waals surface area contributed by atoms with Crippen LogP contribution in [0.3, 0.4) is 0 Å². The van der Waals surface area contributed by atoms with Crippen LogP contribution in [0.5, 0.6) is 5.75 Å². The fourth-order valence-electron chi connectivity index (χ4n) is 1.31. The summed E-state index contributed by atoms with van der Waals surface area (Å²) in [6, 6.07) is 4.28. The van der Waals surface area contributed by atoms with Crippen LogP contribution < -0.4 is 4.74 Å². The van der Waals surface area contributed by atoms with Gasteiger partial charge in [-0.15, -0.1) is 0 Å². The molecule has 7 heteroatoms. The fraction of sp³-hybridized carbons (Fsp3) is 0.250. The van der Waals surface area contributed by atoms with E-state index in [-0.39, 0.29) is 11.4 Å². The molecule has 0 aromatic heterocycles. The molecule has 1 aromatic carbocycles. The van der Waals surface area contributed by atoms with E-state index in [4.69, 9.17) is 14.6 Å². The average Bonchev–Trinajstić information content (AvgIpc) is 2.36. The number of nitro benzene ring substituents is 1. The first-order chi connectivity index (χ1) is 8.97. The average molecular weight is 267 g/mol. The molecule has 0 fully saturated rings. The highest BCUT2D eigenvalue weighted by Crippen LogP contribution is 2.32. The highest BCUT2D eigenvalue weighted by atomic mass is 16.6. The summed E-state index contributed by atoms with van der Waals surface area (Å²) in [6.07, 6.45) is 1.57. The number of ether oxygens (including phenoxy) is 2. The molecule has 1 N–H and O–H groups in total. The van der Waals surface area contributed by atoms with Gasteiger partial charge in [-0.25, -0.2) is 4.79 Å². The number of hydrogen-bond acceptors (Lipinski definition) is 5. The quantitative estimate of drug-likeness (QED) is 0.481. The van der Waals surface area contributed by atoms with E-state index in [1.54, 1.807) is 6.07 Å². The van der Waals surface area contributed by atoms with Gasteiger partial charge in [0.25, 0.3) is 0 Å². The van der Waals surface area contributed by atoms with Crippen molar-refractivity contribution in [2.45, 2.75) is 13.0 Å². The molecule has 0 heterocycles. The Balaban J connectivity index is 3.24. The number of hydrogen-bond donors (Lipinski definition) is 1. The normalized spacial score (nSPS) is 12.1. The molecule has 0 aliphatic heterocycles. The summed E-state index contributed by atoms with van der Waals surface area (Å²) in [4.78, 5) is 21.1. The van der Waals surface area contributed by atoms with Gasteiger partial charge in [0.2, 0.25) is 5.75 Å². The number of methoxy groups -OCH3 is 1. The Hall–Kier alpha value is -2.57. The zero-order valence-corrected chi connectivity index (χ0v) is 10.4. The van der Waals surface area contributed by atoms with Crippen molar-refractivity contribution in [2.75, 3.05) is 7.11 Å². The minimum atomic E-state index is -1.21. The summed E-state index contributed by atoms with van der Waals surface area (Å²) in [6.45, 7) is 1.29. The van der Waals surface area contributed by atoms with Gasteiger partial charge in [0.15, 0.2) is 6.10 Å². The zero-order chi connectivity index (χ0) is 14.4. The second-order valence-corrected chi connectivity index (χ2v) is 3.59. The minimum absolute atomic E-state index is 0.101. The second kappa shape index (κ2) is 6.39. The minimum Gasteiger partial charge on any atom is -0.504 e. The van der Waals surface area contributed by atoms with E-state index in [9.17, 15) is 14.9 Å². The van der Waals surface area contributed by atoms with Crippen LogP contribution in [0.1, 0.15) is 12.5 Å². The van der Waals surface area contributed by atoms with Gasteiger partial charge in [-0.05, 0) is 13.0 Å². The predicted octanol–water partition coefficient (Wildman–Crippen LogP) is 2.06. The van der Waals surface area contributed by atoms with Crippen molar-refractivity contribution in [1.29, 1.82) is 0 Å². The van der Waals surface area contributed by atoms with Crippen LogP contribution in [0.2, 0.25) is 0 Å². The Kier molecular flexibility index (Phi) is 4.87. The number of carboxylic acids is 1. The molecule has 0 spiro atoms. The van der Waals surface area contributed by atoms with Crippen molar-refractivity contribution in [3.8, 4) is 5.75 Å². The molecule has 0 aliphatic rings. The second-order valence-electron chi connectivity index (χ2n) is 3.59. The topological polar surface area (TPSA) is 98.9 Å². The Bertz CT molecular complexity index is 511. The summed E-state index contributed by atoms with van der Waals surface area (Å²) in [7, 11) is 1.42. The largest absolute Gasteiger partial charge is 0.504 e. The molecule has 7 nitrogen and oxygen atoms in total. The van der Waals surface area contributed by atoms with Crippen LogP contribution in [0.15, 0.2) is 24.5 Å². The summed E-state index contributed by atoms with van der Waals surface area (Å²) in [5.41, 5.74) is 0.0653. The molecular weight excluding hydrogens is 254 g/mol. The first-order valence-corrected chi connectivity index (χ1v) is 5.33. The van der Waals surface area contributed by atoms with Crippen molar-refractivity contribution in [3.63, 3.8) is 0 Å². The monoisotopic (exact) mass is 267 g/mol. The maximum atomic E-state index is 10.9. The lowest BCUT2D eigenvalue weighted by Crippen LogP contribution is -2.23. The molecule has 1 atom stereocenters. The van der Waals surface area contributed by atoms with Crippen LogP contribution in [0, 0.1) is 10.1 Å². The summed E-state index contributed by atoms with van der Waals surface area (Å²) in [5, 5.41) is 19.7. The Morgan fingerprint density at radius 3 is 2.74 bits per heavy atom. The summed E-state index contributed by atoms with van der Waals surface area (Å²) < 4.78 is 9.88. The van der Waals surface area contributed by atoms with E-state index in [0.717, 1.165) is 0 Å². The van der Waals surface area contributed by atoms with Gasteiger partial charge in [0.1, 0.15) is 0 Å². The molecule has 0 bridgehead atoms. The molecular formula is C12H13NO6. The van der Waals surface area contributed by atoms with E-state index in [1.807, 2.05) is 0 Å². The third-order valence-corrected chi connectivity index (χ3v) is 2.25. The van der Waals surface area contributed by atoms with Crippen LogP contribution in [-0.2, 0) is 9.53 Å². The third-order valence-electron chi connectivity index (χ3n) is 2.25. The van der Waals surface area contributed by atoms with E-state index >= 15 is 0 Å². The van der Waals surface area contributed by atoms with E-state index in [0.29, 0.717) is 5.56 Å². The number of nitro groups is 1. The number of para-hydroxylation sites is 1. The smallest absolute Gasteiger partial charge is 0.344 e. The van der Waals surface area contributed by atoms with Gasteiger partial charge in [-0.2, -0.15) is 0 Å². The number of aliphatic carboxylic acids is 1. The van der Waals surface area contributed by atoms with E-state index in [2.05, 4.69) is 0 Å². The Morgan fingerprint density at radius 2 is 2.21 bits per heavy atom. The van der Waals surface area contributed by atoms with Gasteiger partial charge < -0.3 is 14.6 Å². The molecule has 0 amide bonds. The molecule has 19 heavy (non-hydrogen) atoms. The fourth-order valence-corrected chi connectivity index (χ4v) is 1.31. The first-order valence-electron chi connectivity index (χ1n) is 5.33. The highest BCUT2D eigenvalue weighted by molar-refractivity contribution is 5.73. The number of rotatable bonds is 6. The maximum Gasteiger partial charge on any atom is 0.344 e. The third kappa shape index (κ3) is 3.70. The number of carbonyl (C=O) groups is 1. The van der Waals surface area contributed by atoms with Gasteiger partial charge in [0, 0.05) is 11.6 Å².